The predicted octanol–water partition coefficient (Wildman–Crippen LogP) is 2.05. The van der Waals surface area contributed by atoms with Gasteiger partial charge in [0.1, 0.15) is 0 Å². The molecule has 2 aliphatic rings. The number of aryl methyl sites for hydroxylation is 1. The van der Waals surface area contributed by atoms with Crippen LogP contribution in [0.3, 0.4) is 0 Å². The number of carbonyl (C=O) groups is 2. The molecule has 2 aromatic rings. The lowest BCUT2D eigenvalue weighted by molar-refractivity contribution is -0.125. The van der Waals surface area contributed by atoms with Crippen LogP contribution < -0.4 is 10.6 Å². The van der Waals surface area contributed by atoms with Crippen molar-refractivity contribution in [1.82, 2.24) is 15.0 Å². The first-order chi connectivity index (χ1) is 12.4. The molecule has 6 nitrogen and oxygen atoms in total. The molecule has 1 saturated heterocycles. The zero-order valence-electron chi connectivity index (χ0n) is 15.2. The lowest BCUT2D eigenvalue weighted by Crippen LogP contribution is -2.47. The smallest absolute Gasteiger partial charge is 0.253 e. The number of nitrogens with one attached hydrogen (secondary N) is 2. The quantitative estimate of drug-likeness (QED) is 0.862. The summed E-state index contributed by atoms with van der Waals surface area (Å²) in [4.78, 5) is 24.9. The van der Waals surface area contributed by atoms with Crippen LogP contribution in [-0.2, 0) is 9.53 Å². The van der Waals surface area contributed by atoms with Gasteiger partial charge in [-0.25, -0.2) is 0 Å². The van der Waals surface area contributed by atoms with E-state index in [2.05, 4.69) is 16.7 Å². The molecular weight excluding hydrogens is 330 g/mol. The monoisotopic (exact) mass is 355 g/mol. The van der Waals surface area contributed by atoms with Crippen molar-refractivity contribution < 1.29 is 14.3 Å². The van der Waals surface area contributed by atoms with Crippen LogP contribution in [0.5, 0.6) is 0 Å². The molecule has 3 heterocycles. The molecule has 2 aromatic heterocycles. The summed E-state index contributed by atoms with van der Waals surface area (Å²) in [6.07, 6.45) is 6.55. The Morgan fingerprint density at radius 2 is 2.12 bits per heavy atom. The summed E-state index contributed by atoms with van der Waals surface area (Å²) in [6, 6.07) is 5.87. The Labute approximate surface area is 152 Å². The maximum atomic E-state index is 12.6. The van der Waals surface area contributed by atoms with E-state index in [9.17, 15) is 9.59 Å². The Morgan fingerprint density at radius 1 is 1.31 bits per heavy atom. The molecule has 1 aliphatic heterocycles. The topological polar surface area (TPSA) is 71.8 Å². The van der Waals surface area contributed by atoms with Gasteiger partial charge in [0.25, 0.3) is 5.91 Å². The molecule has 2 fully saturated rings. The third-order valence-electron chi connectivity index (χ3n) is 5.39. The van der Waals surface area contributed by atoms with Gasteiger partial charge < -0.3 is 19.8 Å². The van der Waals surface area contributed by atoms with Crippen molar-refractivity contribution in [2.75, 3.05) is 13.2 Å². The standard InChI is InChI=1S/C20H25N3O3/c1-13-7-17-4-3-15(10-23(17)9-13)19(25)22-20(5-6-20)12-21-18(24)16-8-14(2)26-11-16/h3-4,7,9-10,14,16H,5-6,8,11-12H2,1-2H3,(H,21,24)(H,22,25). The molecule has 0 spiro atoms. The van der Waals surface area contributed by atoms with E-state index in [0.717, 1.165) is 30.3 Å². The second kappa shape index (κ2) is 6.43. The predicted molar refractivity (Wildman–Crippen MR) is 98.1 cm³/mol. The van der Waals surface area contributed by atoms with Crippen LogP contribution in [0.2, 0.25) is 0 Å². The van der Waals surface area contributed by atoms with E-state index >= 15 is 0 Å². The third kappa shape index (κ3) is 3.46. The number of hydrogen-bond acceptors (Lipinski definition) is 3. The van der Waals surface area contributed by atoms with Crippen LogP contribution in [0.15, 0.2) is 30.6 Å². The minimum absolute atomic E-state index is 0.0270. The van der Waals surface area contributed by atoms with Gasteiger partial charge in [0.05, 0.1) is 29.7 Å². The van der Waals surface area contributed by atoms with Crippen molar-refractivity contribution in [3.63, 3.8) is 0 Å². The van der Waals surface area contributed by atoms with Gasteiger partial charge in [0.2, 0.25) is 5.91 Å². The highest BCUT2D eigenvalue weighted by Gasteiger charge is 2.44. The summed E-state index contributed by atoms with van der Waals surface area (Å²) in [7, 11) is 0. The maximum Gasteiger partial charge on any atom is 0.253 e. The molecule has 1 aliphatic carbocycles. The fourth-order valence-electron chi connectivity index (χ4n) is 3.60. The Kier molecular flexibility index (Phi) is 4.23. The largest absolute Gasteiger partial charge is 0.378 e. The van der Waals surface area contributed by atoms with Crippen molar-refractivity contribution in [3.05, 3.63) is 41.7 Å². The van der Waals surface area contributed by atoms with Gasteiger partial charge in [0.15, 0.2) is 0 Å². The molecule has 4 rings (SSSR count). The number of rotatable bonds is 5. The second-order valence-electron chi connectivity index (χ2n) is 7.80. The molecule has 0 radical (unpaired) electrons. The third-order valence-corrected chi connectivity index (χ3v) is 5.39. The minimum Gasteiger partial charge on any atom is -0.378 e. The molecular formula is C20H25N3O3. The highest BCUT2D eigenvalue weighted by atomic mass is 16.5. The lowest BCUT2D eigenvalue weighted by Gasteiger charge is -2.19. The molecule has 0 bridgehead atoms. The van der Waals surface area contributed by atoms with E-state index in [1.807, 2.05) is 42.8 Å². The number of carbonyl (C=O) groups excluding carboxylic acids is 2. The number of amides is 2. The van der Waals surface area contributed by atoms with Crippen LogP contribution >= 0.6 is 0 Å². The first-order valence-electron chi connectivity index (χ1n) is 9.24. The molecule has 6 heteroatoms. The fraction of sp³-hybridized carbons (Fsp3) is 0.500. The van der Waals surface area contributed by atoms with Crippen molar-refractivity contribution in [1.29, 1.82) is 0 Å². The molecule has 2 N–H and O–H groups in total. The molecule has 2 unspecified atom stereocenters. The van der Waals surface area contributed by atoms with Gasteiger partial charge in [-0.2, -0.15) is 0 Å². The Hall–Kier alpha value is -2.34. The van der Waals surface area contributed by atoms with Gasteiger partial charge in [-0.1, -0.05) is 0 Å². The van der Waals surface area contributed by atoms with Crippen molar-refractivity contribution in [3.8, 4) is 0 Å². The van der Waals surface area contributed by atoms with Crippen LogP contribution in [0.1, 0.15) is 42.1 Å². The minimum atomic E-state index is -0.306. The van der Waals surface area contributed by atoms with Crippen molar-refractivity contribution >= 4 is 17.3 Å². The van der Waals surface area contributed by atoms with E-state index in [1.54, 1.807) is 0 Å². The van der Waals surface area contributed by atoms with E-state index in [4.69, 9.17) is 4.74 Å². The van der Waals surface area contributed by atoms with Gasteiger partial charge in [-0.3, -0.25) is 9.59 Å². The van der Waals surface area contributed by atoms with Crippen LogP contribution in [0, 0.1) is 12.8 Å². The maximum absolute atomic E-state index is 12.6. The Morgan fingerprint density at radius 3 is 2.81 bits per heavy atom. The summed E-state index contributed by atoms with van der Waals surface area (Å²) < 4.78 is 7.43. The number of pyridine rings is 1. The first-order valence-corrected chi connectivity index (χ1v) is 9.24. The summed E-state index contributed by atoms with van der Waals surface area (Å²) in [5.74, 6) is -0.141. The molecule has 0 aromatic carbocycles. The van der Waals surface area contributed by atoms with Gasteiger partial charge in [0, 0.05) is 24.5 Å². The fourth-order valence-corrected chi connectivity index (χ4v) is 3.60. The van der Waals surface area contributed by atoms with Gasteiger partial charge in [-0.15, -0.1) is 0 Å². The number of ether oxygens (including phenoxy) is 1. The summed E-state index contributed by atoms with van der Waals surface area (Å²) in [5, 5.41) is 6.11. The van der Waals surface area contributed by atoms with Crippen LogP contribution in [0.4, 0.5) is 0 Å². The molecule has 2 amide bonds. The van der Waals surface area contributed by atoms with Gasteiger partial charge in [-0.05, 0) is 56.9 Å². The van der Waals surface area contributed by atoms with E-state index < -0.39 is 0 Å². The van der Waals surface area contributed by atoms with Gasteiger partial charge >= 0.3 is 0 Å². The van der Waals surface area contributed by atoms with Crippen molar-refractivity contribution in [2.45, 2.75) is 44.8 Å². The van der Waals surface area contributed by atoms with Crippen LogP contribution in [-0.4, -0.2) is 41.0 Å². The molecule has 138 valence electrons. The Bertz CT molecular complexity index is 853. The zero-order valence-corrected chi connectivity index (χ0v) is 15.2. The highest BCUT2D eigenvalue weighted by molar-refractivity contribution is 5.95. The lowest BCUT2D eigenvalue weighted by atomic mass is 10.1. The number of nitrogens with zero attached hydrogens (tertiary/aromatic N) is 1. The number of hydrogen-bond donors (Lipinski definition) is 2. The van der Waals surface area contributed by atoms with E-state index in [-0.39, 0.29) is 29.4 Å². The average molecular weight is 355 g/mol. The zero-order chi connectivity index (χ0) is 18.3. The second-order valence-corrected chi connectivity index (χ2v) is 7.80. The van der Waals surface area contributed by atoms with Crippen molar-refractivity contribution in [2.24, 2.45) is 5.92 Å². The SMILES string of the molecule is Cc1cc2ccc(C(=O)NC3(CNC(=O)C4COC(C)C4)CC3)cn2c1. The summed E-state index contributed by atoms with van der Waals surface area (Å²) >= 11 is 0. The Balaban J connectivity index is 1.36. The molecule has 26 heavy (non-hydrogen) atoms. The highest BCUT2D eigenvalue weighted by Crippen LogP contribution is 2.35. The normalized spacial score (nSPS) is 23.8. The van der Waals surface area contributed by atoms with E-state index in [0.29, 0.717) is 18.7 Å². The summed E-state index contributed by atoms with van der Waals surface area (Å²) in [6.45, 7) is 4.99. The number of fused-ring (bicyclic) bond motifs is 1. The number of aromatic nitrogens is 1. The van der Waals surface area contributed by atoms with E-state index in [1.165, 1.54) is 0 Å². The molecule has 2 atom stereocenters. The molecule has 1 saturated carbocycles. The average Bonchev–Trinajstić information content (AvgIpc) is 3.05. The van der Waals surface area contributed by atoms with Crippen LogP contribution in [0.25, 0.3) is 5.52 Å². The summed E-state index contributed by atoms with van der Waals surface area (Å²) in [5.41, 5.74) is 2.55. The first kappa shape index (κ1) is 17.1.